The van der Waals surface area contributed by atoms with E-state index in [0.717, 1.165) is 62.5 Å². The van der Waals surface area contributed by atoms with Gasteiger partial charge in [-0.1, -0.05) is 12.5 Å². The van der Waals surface area contributed by atoms with Gasteiger partial charge in [-0.05, 0) is 25.0 Å². The van der Waals surface area contributed by atoms with Crippen molar-refractivity contribution in [2.45, 2.75) is 38.8 Å². The molecule has 0 radical (unpaired) electrons. The Bertz CT molecular complexity index is 846. The first kappa shape index (κ1) is 22.6. The van der Waals surface area contributed by atoms with E-state index in [-0.39, 0.29) is 24.0 Å². The highest BCUT2D eigenvalue weighted by atomic mass is 127. The third-order valence-corrected chi connectivity index (χ3v) is 5.80. The minimum atomic E-state index is 0. The topological polar surface area (TPSA) is 70.8 Å². The molecule has 2 aliphatic heterocycles. The number of halogens is 1. The SMILES string of the molecule is CN=C(NCc1nnc2n1CCCCC2)N1CCN(c2cccc(OC)c2)CC1.I. The molecule has 0 atom stereocenters. The molecule has 8 nitrogen and oxygen atoms in total. The molecule has 164 valence electrons. The summed E-state index contributed by atoms with van der Waals surface area (Å²) >= 11 is 0. The van der Waals surface area contributed by atoms with Gasteiger partial charge in [0.15, 0.2) is 11.8 Å². The molecule has 1 fully saturated rings. The van der Waals surface area contributed by atoms with Crippen LogP contribution in [0.1, 0.15) is 30.9 Å². The van der Waals surface area contributed by atoms with Crippen molar-refractivity contribution in [3.05, 3.63) is 35.9 Å². The zero-order valence-corrected chi connectivity index (χ0v) is 20.2. The van der Waals surface area contributed by atoms with Gasteiger partial charge in [-0.15, -0.1) is 34.2 Å². The van der Waals surface area contributed by atoms with Crippen LogP contribution < -0.4 is 15.0 Å². The van der Waals surface area contributed by atoms with Crippen LogP contribution in [0.4, 0.5) is 5.69 Å². The summed E-state index contributed by atoms with van der Waals surface area (Å²) in [4.78, 5) is 9.21. The highest BCUT2D eigenvalue weighted by molar-refractivity contribution is 14.0. The predicted molar refractivity (Wildman–Crippen MR) is 130 cm³/mol. The Balaban J connectivity index is 0.00000256. The van der Waals surface area contributed by atoms with Crippen LogP contribution in [-0.2, 0) is 19.5 Å². The molecule has 0 amide bonds. The number of nitrogens with zero attached hydrogens (tertiary/aromatic N) is 6. The van der Waals surface area contributed by atoms with Crippen molar-refractivity contribution in [1.82, 2.24) is 25.0 Å². The average Bonchev–Trinajstić information content (AvgIpc) is 3.00. The van der Waals surface area contributed by atoms with Crippen LogP contribution in [0.3, 0.4) is 0 Å². The number of aryl methyl sites for hydroxylation is 1. The molecule has 1 aromatic carbocycles. The number of methoxy groups -OCH3 is 1. The van der Waals surface area contributed by atoms with Crippen molar-refractivity contribution < 1.29 is 4.74 Å². The third-order valence-electron chi connectivity index (χ3n) is 5.80. The summed E-state index contributed by atoms with van der Waals surface area (Å²) in [6.45, 7) is 5.44. The van der Waals surface area contributed by atoms with Crippen LogP contribution in [0.5, 0.6) is 5.75 Å². The second kappa shape index (κ2) is 10.8. The average molecular weight is 525 g/mol. The summed E-state index contributed by atoms with van der Waals surface area (Å²) in [5.74, 6) is 3.97. The van der Waals surface area contributed by atoms with Crippen LogP contribution in [0, 0.1) is 0 Å². The molecule has 2 aromatic rings. The van der Waals surface area contributed by atoms with E-state index in [0.29, 0.717) is 6.54 Å². The zero-order chi connectivity index (χ0) is 20.1. The van der Waals surface area contributed by atoms with Crippen molar-refractivity contribution >= 4 is 35.6 Å². The molecule has 1 saturated heterocycles. The molecule has 0 saturated carbocycles. The first-order valence-corrected chi connectivity index (χ1v) is 10.5. The molecular formula is C21H32IN7O. The number of nitrogens with one attached hydrogen (secondary N) is 1. The second-order valence-corrected chi connectivity index (χ2v) is 7.57. The van der Waals surface area contributed by atoms with Gasteiger partial charge in [0, 0.05) is 57.9 Å². The molecule has 0 bridgehead atoms. The minimum absolute atomic E-state index is 0. The molecule has 0 spiro atoms. The summed E-state index contributed by atoms with van der Waals surface area (Å²) in [5.41, 5.74) is 1.21. The van der Waals surface area contributed by atoms with Crippen LogP contribution in [0.25, 0.3) is 0 Å². The van der Waals surface area contributed by atoms with Gasteiger partial charge < -0.3 is 24.4 Å². The predicted octanol–water partition coefficient (Wildman–Crippen LogP) is 2.53. The van der Waals surface area contributed by atoms with E-state index in [1.807, 2.05) is 19.2 Å². The Morgan fingerprint density at radius 3 is 2.70 bits per heavy atom. The number of piperazine rings is 1. The van der Waals surface area contributed by atoms with E-state index in [1.54, 1.807) is 7.11 Å². The van der Waals surface area contributed by atoms with Gasteiger partial charge in [-0.2, -0.15) is 0 Å². The molecule has 2 aliphatic rings. The number of fused-ring (bicyclic) bond motifs is 1. The lowest BCUT2D eigenvalue weighted by molar-refractivity contribution is 0.371. The van der Waals surface area contributed by atoms with Gasteiger partial charge in [-0.25, -0.2) is 0 Å². The highest BCUT2D eigenvalue weighted by Crippen LogP contribution is 2.22. The van der Waals surface area contributed by atoms with Crippen LogP contribution in [0.2, 0.25) is 0 Å². The summed E-state index contributed by atoms with van der Waals surface area (Å²) < 4.78 is 7.64. The molecule has 1 aromatic heterocycles. The Hall–Kier alpha value is -2.04. The van der Waals surface area contributed by atoms with Crippen molar-refractivity contribution in [2.24, 2.45) is 4.99 Å². The molecule has 4 rings (SSSR count). The number of rotatable bonds is 4. The molecule has 3 heterocycles. The Morgan fingerprint density at radius 1 is 1.10 bits per heavy atom. The molecule has 0 aliphatic carbocycles. The van der Waals surface area contributed by atoms with Gasteiger partial charge >= 0.3 is 0 Å². The van der Waals surface area contributed by atoms with E-state index in [4.69, 9.17) is 4.74 Å². The first-order valence-electron chi connectivity index (χ1n) is 10.5. The monoisotopic (exact) mass is 525 g/mol. The van der Waals surface area contributed by atoms with Gasteiger partial charge in [0.25, 0.3) is 0 Å². The van der Waals surface area contributed by atoms with Gasteiger partial charge in [0.2, 0.25) is 0 Å². The Morgan fingerprint density at radius 2 is 1.93 bits per heavy atom. The van der Waals surface area contributed by atoms with Crippen LogP contribution in [0.15, 0.2) is 29.3 Å². The highest BCUT2D eigenvalue weighted by Gasteiger charge is 2.21. The smallest absolute Gasteiger partial charge is 0.194 e. The number of ether oxygens (including phenoxy) is 1. The first-order chi connectivity index (χ1) is 14.3. The summed E-state index contributed by atoms with van der Waals surface area (Å²) in [5, 5.41) is 12.3. The third kappa shape index (κ3) is 5.16. The lowest BCUT2D eigenvalue weighted by Crippen LogP contribution is -2.52. The second-order valence-electron chi connectivity index (χ2n) is 7.57. The van der Waals surface area contributed by atoms with Crippen LogP contribution >= 0.6 is 24.0 Å². The van der Waals surface area contributed by atoms with Crippen molar-refractivity contribution in [3.63, 3.8) is 0 Å². The summed E-state index contributed by atoms with van der Waals surface area (Å²) in [6, 6.07) is 8.27. The largest absolute Gasteiger partial charge is 0.497 e. The Kier molecular flexibility index (Phi) is 8.17. The van der Waals surface area contributed by atoms with E-state index in [2.05, 4.69) is 47.0 Å². The standard InChI is InChI=1S/C21H31N7O.HI/c1-22-21(23-16-20-25-24-19-9-4-3-5-10-28(19)20)27-13-11-26(12-14-27)17-7-6-8-18(15-17)29-2;/h6-8,15H,3-5,9-14,16H2,1-2H3,(H,22,23);1H. The van der Waals surface area contributed by atoms with Crippen LogP contribution in [-0.4, -0.2) is 66.0 Å². The lowest BCUT2D eigenvalue weighted by Gasteiger charge is -2.37. The van der Waals surface area contributed by atoms with Gasteiger partial charge in [0.1, 0.15) is 11.6 Å². The molecule has 1 N–H and O–H groups in total. The summed E-state index contributed by atoms with van der Waals surface area (Å²) in [6.07, 6.45) is 4.73. The van der Waals surface area contributed by atoms with Crippen molar-refractivity contribution in [1.29, 1.82) is 0 Å². The minimum Gasteiger partial charge on any atom is -0.497 e. The maximum Gasteiger partial charge on any atom is 0.194 e. The quantitative estimate of drug-likeness (QED) is 0.376. The normalized spacial score (nSPS) is 17.1. The van der Waals surface area contributed by atoms with E-state index < -0.39 is 0 Å². The number of hydrogen-bond donors (Lipinski definition) is 1. The molecule has 30 heavy (non-hydrogen) atoms. The molecular weight excluding hydrogens is 493 g/mol. The number of benzene rings is 1. The summed E-state index contributed by atoms with van der Waals surface area (Å²) in [7, 11) is 3.56. The fourth-order valence-corrected chi connectivity index (χ4v) is 4.15. The van der Waals surface area contributed by atoms with E-state index >= 15 is 0 Å². The Labute approximate surface area is 195 Å². The number of hydrogen-bond acceptors (Lipinski definition) is 5. The van der Waals surface area contributed by atoms with E-state index in [1.165, 1.54) is 24.9 Å². The van der Waals surface area contributed by atoms with Crippen molar-refractivity contribution in [2.75, 3.05) is 45.2 Å². The number of aromatic nitrogens is 3. The van der Waals surface area contributed by atoms with Gasteiger partial charge in [-0.3, -0.25) is 4.99 Å². The van der Waals surface area contributed by atoms with Crippen molar-refractivity contribution in [3.8, 4) is 5.75 Å². The fraction of sp³-hybridized carbons (Fsp3) is 0.571. The van der Waals surface area contributed by atoms with Gasteiger partial charge in [0.05, 0.1) is 13.7 Å². The zero-order valence-electron chi connectivity index (χ0n) is 17.9. The maximum atomic E-state index is 5.36. The molecule has 0 unspecified atom stereocenters. The number of anilines is 1. The number of aliphatic imine (C=N–C) groups is 1. The number of guanidine groups is 1. The van der Waals surface area contributed by atoms with E-state index in [9.17, 15) is 0 Å². The maximum absolute atomic E-state index is 5.36. The molecule has 9 heteroatoms. The fourth-order valence-electron chi connectivity index (χ4n) is 4.15. The lowest BCUT2D eigenvalue weighted by atomic mass is 10.2.